The second kappa shape index (κ2) is 8.77. The van der Waals surface area contributed by atoms with Crippen LogP contribution in [0, 0.1) is 11.3 Å². The van der Waals surface area contributed by atoms with Crippen molar-refractivity contribution in [2.75, 3.05) is 13.7 Å². The first-order valence-corrected chi connectivity index (χ1v) is 8.15. The van der Waals surface area contributed by atoms with Gasteiger partial charge in [0.25, 0.3) is 0 Å². The lowest BCUT2D eigenvalue weighted by Crippen LogP contribution is -1.97. The highest BCUT2D eigenvalue weighted by Crippen LogP contribution is 2.33. The number of carbonyl (C=O) groups is 1. The van der Waals surface area contributed by atoms with E-state index >= 15 is 0 Å². The molecule has 0 aliphatic carbocycles. The highest BCUT2D eigenvalue weighted by molar-refractivity contribution is 6.49. The van der Waals surface area contributed by atoms with Gasteiger partial charge in [0.05, 0.1) is 22.2 Å². The molecule has 2 aromatic rings. The zero-order valence-corrected chi connectivity index (χ0v) is 15.3. The summed E-state index contributed by atoms with van der Waals surface area (Å²) < 4.78 is 10.5. The molecule has 0 heterocycles. The van der Waals surface area contributed by atoms with Crippen molar-refractivity contribution in [2.24, 2.45) is 0 Å². The normalized spacial score (nSPS) is 10.5. The van der Waals surface area contributed by atoms with Gasteiger partial charge >= 0.3 is 0 Å². The number of hydrogen-bond donors (Lipinski definition) is 0. The van der Waals surface area contributed by atoms with Crippen LogP contribution in [0.2, 0.25) is 15.1 Å². The molecule has 4 nitrogen and oxygen atoms in total. The molecule has 0 spiro atoms. The van der Waals surface area contributed by atoms with E-state index < -0.39 is 0 Å². The van der Waals surface area contributed by atoms with Gasteiger partial charge in [-0.3, -0.25) is 4.79 Å². The molecular weight excluding hydrogens is 385 g/mol. The fourth-order valence-electron chi connectivity index (χ4n) is 2.00. The van der Waals surface area contributed by atoms with Gasteiger partial charge < -0.3 is 9.47 Å². The van der Waals surface area contributed by atoms with Crippen molar-refractivity contribution in [2.45, 2.75) is 0 Å². The molecule has 0 N–H and O–H groups in total. The quantitative estimate of drug-likeness (QED) is 0.370. The average Bonchev–Trinajstić information content (AvgIpc) is 2.62. The molecule has 0 radical (unpaired) electrons. The van der Waals surface area contributed by atoms with Gasteiger partial charge in [0.1, 0.15) is 6.07 Å². The predicted molar refractivity (Wildman–Crippen MR) is 98.9 cm³/mol. The summed E-state index contributed by atoms with van der Waals surface area (Å²) >= 11 is 17.9. The van der Waals surface area contributed by atoms with Gasteiger partial charge in [0.15, 0.2) is 23.9 Å². The summed E-state index contributed by atoms with van der Waals surface area (Å²) in [6.07, 6.45) is 2.98. The first kappa shape index (κ1) is 19.1. The van der Waals surface area contributed by atoms with Gasteiger partial charge in [-0.05, 0) is 35.9 Å². The number of carbonyl (C=O) groups excluding carboxylic acids is 1. The summed E-state index contributed by atoms with van der Waals surface area (Å²) in [6.45, 7) is -0.0835. The molecule has 0 aliphatic heterocycles. The number of ketones is 1. The fourth-order valence-corrected chi connectivity index (χ4v) is 2.62. The molecule has 7 heteroatoms. The number of allylic oxidation sites excluding steroid dienone is 1. The van der Waals surface area contributed by atoms with Crippen LogP contribution in [0.4, 0.5) is 0 Å². The van der Waals surface area contributed by atoms with Crippen molar-refractivity contribution in [1.82, 2.24) is 0 Å². The third-order valence-corrected chi connectivity index (χ3v) is 4.50. The Morgan fingerprint density at radius 3 is 2.60 bits per heavy atom. The van der Waals surface area contributed by atoms with Gasteiger partial charge in [-0.1, -0.05) is 46.9 Å². The number of benzene rings is 2. The Morgan fingerprint density at radius 1 is 1.16 bits per heavy atom. The molecule has 2 aromatic carbocycles. The third kappa shape index (κ3) is 4.67. The van der Waals surface area contributed by atoms with Gasteiger partial charge in [0.2, 0.25) is 0 Å². The van der Waals surface area contributed by atoms with Crippen molar-refractivity contribution in [1.29, 1.82) is 5.26 Å². The lowest BCUT2D eigenvalue weighted by Gasteiger charge is -2.08. The molecule has 0 fully saturated rings. The second-order valence-corrected chi connectivity index (χ2v) is 5.94. The van der Waals surface area contributed by atoms with E-state index in [0.29, 0.717) is 17.1 Å². The number of nitriles is 1. The van der Waals surface area contributed by atoms with Gasteiger partial charge in [-0.15, -0.1) is 0 Å². The minimum Gasteiger partial charge on any atom is -0.493 e. The van der Waals surface area contributed by atoms with Crippen LogP contribution >= 0.6 is 34.8 Å². The van der Waals surface area contributed by atoms with Crippen LogP contribution in [0.25, 0.3) is 6.08 Å². The van der Waals surface area contributed by atoms with E-state index in [4.69, 9.17) is 49.5 Å². The van der Waals surface area contributed by atoms with Gasteiger partial charge in [-0.25, -0.2) is 0 Å². The number of halogens is 3. The van der Waals surface area contributed by atoms with Crippen molar-refractivity contribution < 1.29 is 14.3 Å². The smallest absolute Gasteiger partial charge is 0.187 e. The monoisotopic (exact) mass is 395 g/mol. The molecule has 0 atom stereocenters. The Kier molecular flexibility index (Phi) is 6.72. The molecule has 0 saturated heterocycles. The van der Waals surface area contributed by atoms with Crippen LogP contribution in [-0.2, 0) is 0 Å². The van der Waals surface area contributed by atoms with Crippen LogP contribution in [0.5, 0.6) is 11.5 Å². The average molecular weight is 397 g/mol. The highest BCUT2D eigenvalue weighted by atomic mass is 35.5. The fraction of sp³-hybridized carbons (Fsp3) is 0.111. The number of methoxy groups -OCH3 is 1. The summed E-state index contributed by atoms with van der Waals surface area (Å²) in [4.78, 5) is 12.3. The first-order chi connectivity index (χ1) is 12.0. The zero-order valence-electron chi connectivity index (χ0n) is 13.1. The van der Waals surface area contributed by atoms with Crippen molar-refractivity contribution in [3.05, 3.63) is 62.6 Å². The van der Waals surface area contributed by atoms with Crippen LogP contribution in [0.1, 0.15) is 15.9 Å². The summed E-state index contributed by atoms with van der Waals surface area (Å²) in [7, 11) is 1.49. The summed E-state index contributed by atoms with van der Waals surface area (Å²) in [5.41, 5.74) is 0.971. The minimum atomic E-state index is -0.313. The molecule has 0 aliphatic rings. The Balaban J connectivity index is 2.23. The Bertz CT molecular complexity index is 873. The van der Waals surface area contributed by atoms with Crippen molar-refractivity contribution >= 4 is 46.7 Å². The van der Waals surface area contributed by atoms with E-state index in [9.17, 15) is 4.79 Å². The van der Waals surface area contributed by atoms with Crippen molar-refractivity contribution in [3.8, 4) is 17.6 Å². The Labute approximate surface area is 160 Å². The number of hydrogen-bond acceptors (Lipinski definition) is 4. The third-order valence-electron chi connectivity index (χ3n) is 3.21. The van der Waals surface area contributed by atoms with E-state index in [1.165, 1.54) is 25.3 Å². The minimum absolute atomic E-state index is 0.0835. The molecule has 25 heavy (non-hydrogen) atoms. The van der Waals surface area contributed by atoms with Crippen LogP contribution in [0.15, 0.2) is 36.4 Å². The van der Waals surface area contributed by atoms with Crippen LogP contribution < -0.4 is 9.47 Å². The second-order valence-electron chi connectivity index (χ2n) is 4.78. The first-order valence-electron chi connectivity index (χ1n) is 7.01. The lowest BCUT2D eigenvalue weighted by molar-refractivity contribution is 0.104. The van der Waals surface area contributed by atoms with Gasteiger partial charge in [0, 0.05) is 5.56 Å². The number of ether oxygens (including phenoxy) is 2. The molecule has 0 amide bonds. The Morgan fingerprint density at radius 2 is 1.92 bits per heavy atom. The molecule has 0 saturated carbocycles. The summed E-state index contributed by atoms with van der Waals surface area (Å²) in [5.74, 6) is 0.588. The summed E-state index contributed by atoms with van der Waals surface area (Å²) in [5, 5.41) is 9.10. The van der Waals surface area contributed by atoms with Gasteiger partial charge in [-0.2, -0.15) is 5.26 Å². The summed E-state index contributed by atoms with van der Waals surface area (Å²) in [6, 6.07) is 9.99. The molecule has 2 rings (SSSR count). The van der Waals surface area contributed by atoms with E-state index in [-0.39, 0.29) is 33.0 Å². The highest BCUT2D eigenvalue weighted by Gasteiger charge is 2.13. The molecule has 128 valence electrons. The van der Waals surface area contributed by atoms with Crippen molar-refractivity contribution in [3.63, 3.8) is 0 Å². The largest absolute Gasteiger partial charge is 0.493 e. The maximum atomic E-state index is 12.3. The van der Waals surface area contributed by atoms with E-state index in [0.717, 1.165) is 0 Å². The van der Waals surface area contributed by atoms with E-state index in [1.54, 1.807) is 24.3 Å². The molecular formula is C18H12Cl3NO3. The predicted octanol–water partition coefficient (Wildman–Crippen LogP) is 5.45. The standard InChI is InChI=1S/C18H12Cl3NO3/c1-24-16-10-11(3-7-15(16)25-9-8-22)2-6-14(23)12-4-5-13(19)18(21)17(12)20/h2-7,10H,9H2,1H3/b6-2+. The molecule has 0 bridgehead atoms. The number of rotatable bonds is 6. The number of nitrogens with zero attached hydrogens (tertiary/aromatic N) is 1. The van der Waals surface area contributed by atoms with Crippen LogP contribution in [-0.4, -0.2) is 19.5 Å². The topological polar surface area (TPSA) is 59.3 Å². The van der Waals surface area contributed by atoms with E-state index in [1.807, 2.05) is 6.07 Å². The molecule has 0 aromatic heterocycles. The Hall–Kier alpha value is -2.19. The maximum Gasteiger partial charge on any atom is 0.187 e. The zero-order chi connectivity index (χ0) is 18.4. The van der Waals surface area contributed by atoms with E-state index in [2.05, 4.69) is 0 Å². The lowest BCUT2D eigenvalue weighted by atomic mass is 10.1. The van der Waals surface area contributed by atoms with Crippen LogP contribution in [0.3, 0.4) is 0 Å². The SMILES string of the molecule is COc1cc(/C=C/C(=O)c2ccc(Cl)c(Cl)c2Cl)ccc1OCC#N. The molecule has 0 unspecified atom stereocenters. The maximum absolute atomic E-state index is 12.3.